The van der Waals surface area contributed by atoms with E-state index < -0.39 is 20.0 Å². The fourth-order valence-electron chi connectivity index (χ4n) is 3.39. The van der Waals surface area contributed by atoms with Gasteiger partial charge in [0.1, 0.15) is 11.5 Å². The van der Waals surface area contributed by atoms with Crippen molar-refractivity contribution in [3.63, 3.8) is 0 Å². The van der Waals surface area contributed by atoms with Gasteiger partial charge in [-0.3, -0.25) is 9.71 Å². The Bertz CT molecular complexity index is 1260. The number of sulfonamides is 2. The number of hydrogen-bond donors (Lipinski definition) is 1. The van der Waals surface area contributed by atoms with Gasteiger partial charge < -0.3 is 4.74 Å². The zero-order chi connectivity index (χ0) is 22.6. The fourth-order valence-corrected chi connectivity index (χ4v) is 5.97. The molecule has 8 nitrogen and oxygen atoms in total. The van der Waals surface area contributed by atoms with Crippen LogP contribution in [-0.2, 0) is 20.0 Å². The summed E-state index contributed by atoms with van der Waals surface area (Å²) in [5.41, 5.74) is 0.358. The van der Waals surface area contributed by atoms with Crippen LogP contribution in [-0.4, -0.2) is 39.2 Å². The average Bonchev–Trinajstić information content (AvgIpc) is 2.81. The van der Waals surface area contributed by atoms with E-state index in [1.54, 1.807) is 48.8 Å². The molecule has 1 saturated heterocycles. The number of ether oxygens (including phenoxy) is 1. The maximum absolute atomic E-state index is 12.7. The second-order valence-corrected chi connectivity index (χ2v) is 11.0. The highest BCUT2D eigenvalue weighted by molar-refractivity contribution is 7.92. The molecule has 0 amide bonds. The molecule has 0 saturated carbocycles. The first kappa shape index (κ1) is 22.3. The summed E-state index contributed by atoms with van der Waals surface area (Å²) >= 11 is 0. The summed E-state index contributed by atoms with van der Waals surface area (Å²) in [5.74, 6) is 1.17. The van der Waals surface area contributed by atoms with Gasteiger partial charge in [0.05, 0.1) is 9.79 Å². The minimum absolute atomic E-state index is 0.0211. The molecular weight excluding hydrogens is 450 g/mol. The molecule has 1 N–H and O–H groups in total. The number of pyridine rings is 1. The monoisotopic (exact) mass is 473 g/mol. The summed E-state index contributed by atoms with van der Waals surface area (Å²) in [7, 11) is -7.49. The average molecular weight is 474 g/mol. The molecule has 10 heteroatoms. The Morgan fingerprint density at radius 3 is 1.91 bits per heavy atom. The van der Waals surface area contributed by atoms with Crippen LogP contribution in [0.25, 0.3) is 0 Å². The van der Waals surface area contributed by atoms with Crippen molar-refractivity contribution in [1.82, 2.24) is 9.29 Å². The van der Waals surface area contributed by atoms with Crippen LogP contribution in [0.4, 0.5) is 5.69 Å². The molecule has 3 aromatic rings. The highest BCUT2D eigenvalue weighted by Crippen LogP contribution is 2.25. The van der Waals surface area contributed by atoms with E-state index in [1.807, 2.05) is 0 Å². The third-order valence-electron chi connectivity index (χ3n) is 5.08. The Balaban J connectivity index is 1.45. The summed E-state index contributed by atoms with van der Waals surface area (Å²) in [6, 6.07) is 15.2. The van der Waals surface area contributed by atoms with Gasteiger partial charge in [-0.15, -0.1) is 0 Å². The number of rotatable bonds is 7. The van der Waals surface area contributed by atoms with Crippen molar-refractivity contribution in [2.75, 3.05) is 17.8 Å². The standard InChI is InChI=1S/C22H23N3O5S2/c26-31(27,24-18-4-6-19(7-5-18)30-20-12-14-23-15-13-20)21-8-10-22(11-9-21)32(28,29)25-16-2-1-3-17-25/h4-15,24H,1-3,16-17H2. The molecule has 1 aromatic heterocycles. The van der Waals surface area contributed by atoms with Crippen molar-refractivity contribution in [2.24, 2.45) is 0 Å². The third-order valence-corrected chi connectivity index (χ3v) is 8.39. The molecule has 2 aromatic carbocycles. The molecule has 0 atom stereocenters. The van der Waals surface area contributed by atoms with E-state index in [9.17, 15) is 16.8 Å². The largest absolute Gasteiger partial charge is 0.457 e. The van der Waals surface area contributed by atoms with Gasteiger partial charge in [0.15, 0.2) is 0 Å². The lowest BCUT2D eigenvalue weighted by molar-refractivity contribution is 0.346. The Hall–Kier alpha value is -2.95. The summed E-state index contributed by atoms with van der Waals surface area (Å²) in [6.07, 6.45) is 5.91. The van der Waals surface area contributed by atoms with Crippen LogP contribution in [0.2, 0.25) is 0 Å². The van der Waals surface area contributed by atoms with Crippen molar-refractivity contribution >= 4 is 25.7 Å². The van der Waals surface area contributed by atoms with E-state index in [4.69, 9.17) is 4.74 Å². The number of benzene rings is 2. The fraction of sp³-hybridized carbons (Fsp3) is 0.227. The number of piperidine rings is 1. The maximum atomic E-state index is 12.7. The Kier molecular flexibility index (Phi) is 6.45. The van der Waals surface area contributed by atoms with Crippen molar-refractivity contribution < 1.29 is 21.6 Å². The van der Waals surface area contributed by atoms with Crippen LogP contribution in [0.5, 0.6) is 11.5 Å². The second kappa shape index (κ2) is 9.27. The highest BCUT2D eigenvalue weighted by Gasteiger charge is 2.26. The van der Waals surface area contributed by atoms with Gasteiger partial charge in [-0.1, -0.05) is 6.42 Å². The summed E-state index contributed by atoms with van der Waals surface area (Å²) < 4.78 is 60.6. The molecule has 168 valence electrons. The number of nitrogens with one attached hydrogen (secondary N) is 1. The predicted molar refractivity (Wildman–Crippen MR) is 121 cm³/mol. The molecule has 0 bridgehead atoms. The van der Waals surface area contributed by atoms with Gasteiger partial charge in [0, 0.05) is 31.2 Å². The molecule has 32 heavy (non-hydrogen) atoms. The Morgan fingerprint density at radius 1 is 0.719 bits per heavy atom. The molecule has 1 aliphatic rings. The van der Waals surface area contributed by atoms with Gasteiger partial charge >= 0.3 is 0 Å². The lowest BCUT2D eigenvalue weighted by atomic mass is 10.2. The topological polar surface area (TPSA) is 106 Å². The van der Waals surface area contributed by atoms with Crippen molar-refractivity contribution in [2.45, 2.75) is 29.1 Å². The third kappa shape index (κ3) is 5.09. The number of anilines is 1. The molecule has 1 fully saturated rings. The van der Waals surface area contributed by atoms with Crippen LogP contribution >= 0.6 is 0 Å². The molecule has 2 heterocycles. The molecule has 0 spiro atoms. The minimum Gasteiger partial charge on any atom is -0.457 e. The van der Waals surface area contributed by atoms with E-state index in [2.05, 4.69) is 9.71 Å². The van der Waals surface area contributed by atoms with Crippen LogP contribution in [0.15, 0.2) is 82.8 Å². The SMILES string of the molecule is O=S(=O)(Nc1ccc(Oc2ccncc2)cc1)c1ccc(S(=O)(=O)N2CCCCC2)cc1. The quantitative estimate of drug-likeness (QED) is 0.559. The van der Waals surface area contributed by atoms with Gasteiger partial charge in [-0.2, -0.15) is 4.31 Å². The second-order valence-electron chi connectivity index (χ2n) is 7.35. The normalized spacial score (nSPS) is 15.2. The number of nitrogens with zero attached hydrogens (tertiary/aromatic N) is 2. The number of hydrogen-bond acceptors (Lipinski definition) is 6. The molecule has 0 unspecified atom stereocenters. The minimum atomic E-state index is -3.88. The zero-order valence-electron chi connectivity index (χ0n) is 17.2. The highest BCUT2D eigenvalue weighted by atomic mass is 32.2. The van der Waals surface area contributed by atoms with Gasteiger partial charge in [-0.05, 0) is 73.5 Å². The van der Waals surface area contributed by atoms with Crippen LogP contribution < -0.4 is 9.46 Å². The maximum Gasteiger partial charge on any atom is 0.261 e. The molecule has 0 aliphatic carbocycles. The molecule has 1 aliphatic heterocycles. The van der Waals surface area contributed by atoms with E-state index in [0.29, 0.717) is 30.3 Å². The first-order valence-electron chi connectivity index (χ1n) is 10.2. The zero-order valence-corrected chi connectivity index (χ0v) is 18.8. The molecular formula is C22H23N3O5S2. The molecule has 4 rings (SSSR count). The first-order valence-corrected chi connectivity index (χ1v) is 13.1. The Morgan fingerprint density at radius 2 is 1.28 bits per heavy atom. The van der Waals surface area contributed by atoms with E-state index in [-0.39, 0.29) is 9.79 Å². The number of aromatic nitrogens is 1. The Labute approximate surface area is 188 Å². The van der Waals surface area contributed by atoms with Crippen molar-refractivity contribution in [3.8, 4) is 11.5 Å². The summed E-state index contributed by atoms with van der Waals surface area (Å²) in [5, 5.41) is 0. The van der Waals surface area contributed by atoms with Gasteiger partial charge in [0.2, 0.25) is 10.0 Å². The van der Waals surface area contributed by atoms with Crippen LogP contribution in [0, 0.1) is 0 Å². The van der Waals surface area contributed by atoms with Crippen LogP contribution in [0.3, 0.4) is 0 Å². The lowest BCUT2D eigenvalue weighted by Crippen LogP contribution is -2.35. The lowest BCUT2D eigenvalue weighted by Gasteiger charge is -2.25. The van der Waals surface area contributed by atoms with Crippen LogP contribution in [0.1, 0.15) is 19.3 Å². The predicted octanol–water partition coefficient (Wildman–Crippen LogP) is 3.85. The first-order chi connectivity index (χ1) is 15.3. The summed E-state index contributed by atoms with van der Waals surface area (Å²) in [6.45, 7) is 0.982. The summed E-state index contributed by atoms with van der Waals surface area (Å²) in [4.78, 5) is 3.99. The van der Waals surface area contributed by atoms with Gasteiger partial charge in [0.25, 0.3) is 10.0 Å². The van der Waals surface area contributed by atoms with E-state index >= 15 is 0 Å². The van der Waals surface area contributed by atoms with Crippen molar-refractivity contribution in [1.29, 1.82) is 0 Å². The van der Waals surface area contributed by atoms with E-state index in [0.717, 1.165) is 19.3 Å². The smallest absolute Gasteiger partial charge is 0.261 e. The molecule has 0 radical (unpaired) electrons. The van der Waals surface area contributed by atoms with E-state index in [1.165, 1.54) is 28.6 Å². The van der Waals surface area contributed by atoms with Crippen molar-refractivity contribution in [3.05, 3.63) is 73.1 Å². The van der Waals surface area contributed by atoms with Gasteiger partial charge in [-0.25, -0.2) is 16.8 Å².